The highest BCUT2D eigenvalue weighted by Crippen LogP contribution is 2.21. The van der Waals surface area contributed by atoms with Crippen molar-refractivity contribution in [1.29, 1.82) is 0 Å². The maximum absolute atomic E-state index is 13.8. The molecular formula is C18H31FN2. The molecule has 0 heterocycles. The summed E-state index contributed by atoms with van der Waals surface area (Å²) in [6, 6.07) is 7.22. The van der Waals surface area contributed by atoms with Crippen LogP contribution >= 0.6 is 0 Å². The molecule has 1 unspecified atom stereocenters. The third-order valence-corrected chi connectivity index (χ3v) is 4.06. The van der Waals surface area contributed by atoms with Crippen LogP contribution in [0.4, 0.5) is 4.39 Å². The van der Waals surface area contributed by atoms with Gasteiger partial charge in [0.1, 0.15) is 5.82 Å². The van der Waals surface area contributed by atoms with E-state index in [-0.39, 0.29) is 11.9 Å². The smallest absolute Gasteiger partial charge is 0.127 e. The van der Waals surface area contributed by atoms with E-state index >= 15 is 0 Å². The zero-order valence-electron chi connectivity index (χ0n) is 13.9. The van der Waals surface area contributed by atoms with Crippen molar-refractivity contribution < 1.29 is 4.39 Å². The van der Waals surface area contributed by atoms with E-state index in [1.807, 2.05) is 12.1 Å². The Bertz CT molecular complexity index is 381. The second kappa shape index (κ2) is 10.7. The summed E-state index contributed by atoms with van der Waals surface area (Å²) in [6.07, 6.45) is 6.18. The zero-order valence-corrected chi connectivity index (χ0v) is 13.9. The van der Waals surface area contributed by atoms with Crippen molar-refractivity contribution in [3.8, 4) is 0 Å². The molecule has 0 amide bonds. The lowest BCUT2D eigenvalue weighted by atomic mass is 10.1. The highest BCUT2D eigenvalue weighted by atomic mass is 19.1. The van der Waals surface area contributed by atoms with E-state index in [1.165, 1.54) is 32.1 Å². The van der Waals surface area contributed by atoms with Gasteiger partial charge < -0.3 is 5.32 Å². The molecule has 120 valence electrons. The summed E-state index contributed by atoms with van der Waals surface area (Å²) >= 11 is 0. The molecule has 0 saturated carbocycles. The molecule has 0 aliphatic heterocycles. The molecule has 1 rings (SSSR count). The van der Waals surface area contributed by atoms with Crippen molar-refractivity contribution in [2.75, 3.05) is 26.7 Å². The van der Waals surface area contributed by atoms with E-state index in [9.17, 15) is 4.39 Å². The Morgan fingerprint density at radius 3 is 2.52 bits per heavy atom. The molecular weight excluding hydrogens is 263 g/mol. The Hall–Kier alpha value is -0.930. The largest absolute Gasteiger partial charge is 0.317 e. The van der Waals surface area contributed by atoms with Gasteiger partial charge in [-0.3, -0.25) is 4.90 Å². The minimum atomic E-state index is -0.0983. The Balaban J connectivity index is 2.16. The molecule has 0 bridgehead atoms. The topological polar surface area (TPSA) is 15.3 Å². The molecule has 2 nitrogen and oxygen atoms in total. The molecule has 0 radical (unpaired) electrons. The van der Waals surface area contributed by atoms with Gasteiger partial charge in [0, 0.05) is 11.6 Å². The second-order valence-corrected chi connectivity index (χ2v) is 5.84. The number of nitrogens with one attached hydrogen (secondary N) is 1. The van der Waals surface area contributed by atoms with E-state index in [0.717, 1.165) is 25.2 Å². The summed E-state index contributed by atoms with van der Waals surface area (Å²) in [5, 5.41) is 3.43. The van der Waals surface area contributed by atoms with E-state index in [1.54, 1.807) is 12.1 Å². The summed E-state index contributed by atoms with van der Waals surface area (Å²) in [5.41, 5.74) is 0.795. The van der Waals surface area contributed by atoms with Crippen LogP contribution in [0, 0.1) is 5.82 Å². The fourth-order valence-corrected chi connectivity index (χ4v) is 2.51. The van der Waals surface area contributed by atoms with Crippen molar-refractivity contribution in [2.24, 2.45) is 0 Å². The second-order valence-electron chi connectivity index (χ2n) is 5.84. The van der Waals surface area contributed by atoms with Crippen molar-refractivity contribution in [3.63, 3.8) is 0 Å². The minimum Gasteiger partial charge on any atom is -0.317 e. The van der Waals surface area contributed by atoms with E-state index in [4.69, 9.17) is 0 Å². The molecule has 1 atom stereocenters. The first kappa shape index (κ1) is 18.1. The summed E-state index contributed by atoms with van der Waals surface area (Å²) in [5.74, 6) is -0.0983. The first-order valence-electron chi connectivity index (χ1n) is 8.32. The van der Waals surface area contributed by atoms with E-state index in [0.29, 0.717) is 0 Å². The summed E-state index contributed by atoms with van der Waals surface area (Å²) in [4.78, 5) is 2.24. The van der Waals surface area contributed by atoms with Gasteiger partial charge in [-0.15, -0.1) is 0 Å². The molecule has 0 fully saturated rings. The molecule has 0 saturated heterocycles. The van der Waals surface area contributed by atoms with Gasteiger partial charge in [-0.25, -0.2) is 4.39 Å². The van der Waals surface area contributed by atoms with Crippen LogP contribution in [-0.2, 0) is 0 Å². The number of halogens is 1. The van der Waals surface area contributed by atoms with Gasteiger partial charge >= 0.3 is 0 Å². The molecule has 1 aromatic rings. The summed E-state index contributed by atoms with van der Waals surface area (Å²) < 4.78 is 13.8. The van der Waals surface area contributed by atoms with Crippen LogP contribution < -0.4 is 5.32 Å². The maximum atomic E-state index is 13.8. The molecule has 0 aliphatic carbocycles. The Kier molecular flexibility index (Phi) is 9.27. The lowest BCUT2D eigenvalue weighted by molar-refractivity contribution is 0.250. The molecule has 1 aromatic carbocycles. The predicted molar refractivity (Wildman–Crippen MR) is 89.1 cm³/mol. The van der Waals surface area contributed by atoms with Crippen LogP contribution in [-0.4, -0.2) is 31.6 Å². The summed E-state index contributed by atoms with van der Waals surface area (Å²) in [6.45, 7) is 7.56. The molecule has 0 spiro atoms. The van der Waals surface area contributed by atoms with Crippen LogP contribution in [0.15, 0.2) is 24.3 Å². The van der Waals surface area contributed by atoms with Gasteiger partial charge in [-0.2, -0.15) is 0 Å². The van der Waals surface area contributed by atoms with Crippen LogP contribution in [0.3, 0.4) is 0 Å². The minimum absolute atomic E-state index is 0.0983. The van der Waals surface area contributed by atoms with Gasteiger partial charge in [-0.1, -0.05) is 38.0 Å². The predicted octanol–water partition coefficient (Wildman–Crippen LogP) is 4.38. The number of benzene rings is 1. The first-order valence-corrected chi connectivity index (χ1v) is 8.32. The van der Waals surface area contributed by atoms with Gasteiger partial charge in [-0.05, 0) is 58.9 Å². The van der Waals surface area contributed by atoms with Crippen LogP contribution in [0.25, 0.3) is 0 Å². The van der Waals surface area contributed by atoms with Gasteiger partial charge in [0.25, 0.3) is 0 Å². The lowest BCUT2D eigenvalue weighted by Crippen LogP contribution is -2.24. The molecule has 1 N–H and O–H groups in total. The fourth-order valence-electron chi connectivity index (χ4n) is 2.51. The normalized spacial score (nSPS) is 12.8. The SMILES string of the molecule is CCCNCCCCCCN(C)C(C)c1ccccc1F. The quantitative estimate of drug-likeness (QED) is 0.609. The number of rotatable bonds is 11. The Labute approximate surface area is 129 Å². The molecule has 3 heteroatoms. The van der Waals surface area contributed by atoms with Crippen molar-refractivity contribution in [3.05, 3.63) is 35.6 Å². The van der Waals surface area contributed by atoms with Crippen molar-refractivity contribution >= 4 is 0 Å². The third-order valence-electron chi connectivity index (χ3n) is 4.06. The average molecular weight is 294 g/mol. The highest BCUT2D eigenvalue weighted by Gasteiger charge is 2.14. The average Bonchev–Trinajstić information content (AvgIpc) is 2.49. The van der Waals surface area contributed by atoms with Crippen LogP contribution in [0.2, 0.25) is 0 Å². The Morgan fingerprint density at radius 2 is 1.81 bits per heavy atom. The molecule has 0 aliphatic rings. The third kappa shape index (κ3) is 7.05. The zero-order chi connectivity index (χ0) is 15.5. The number of unbranched alkanes of at least 4 members (excludes halogenated alkanes) is 3. The summed E-state index contributed by atoms with van der Waals surface area (Å²) in [7, 11) is 2.08. The number of nitrogens with zero attached hydrogens (tertiary/aromatic N) is 1. The van der Waals surface area contributed by atoms with Gasteiger partial charge in [0.05, 0.1) is 0 Å². The van der Waals surface area contributed by atoms with Crippen LogP contribution in [0.1, 0.15) is 57.6 Å². The number of hydrogen-bond acceptors (Lipinski definition) is 2. The maximum Gasteiger partial charge on any atom is 0.127 e. The highest BCUT2D eigenvalue weighted by molar-refractivity contribution is 5.20. The lowest BCUT2D eigenvalue weighted by Gasteiger charge is -2.25. The van der Waals surface area contributed by atoms with E-state index < -0.39 is 0 Å². The fraction of sp³-hybridized carbons (Fsp3) is 0.667. The van der Waals surface area contributed by atoms with E-state index in [2.05, 4.69) is 31.1 Å². The van der Waals surface area contributed by atoms with Gasteiger partial charge in [0.2, 0.25) is 0 Å². The van der Waals surface area contributed by atoms with Gasteiger partial charge in [0.15, 0.2) is 0 Å². The standard InChI is InChI=1S/C18H31FN2/c1-4-13-20-14-9-5-6-10-15-21(3)16(2)17-11-7-8-12-18(17)19/h7-8,11-12,16,20H,4-6,9-10,13-15H2,1-3H3. The Morgan fingerprint density at radius 1 is 1.10 bits per heavy atom. The molecule has 21 heavy (non-hydrogen) atoms. The number of hydrogen-bond donors (Lipinski definition) is 1. The van der Waals surface area contributed by atoms with Crippen molar-refractivity contribution in [1.82, 2.24) is 10.2 Å². The molecule has 0 aromatic heterocycles. The van der Waals surface area contributed by atoms with Crippen molar-refractivity contribution in [2.45, 2.75) is 52.0 Å². The van der Waals surface area contributed by atoms with Crippen LogP contribution in [0.5, 0.6) is 0 Å². The first-order chi connectivity index (χ1) is 10.2. The monoisotopic (exact) mass is 294 g/mol.